The second-order valence-corrected chi connectivity index (χ2v) is 9.47. The zero-order valence-electron chi connectivity index (χ0n) is 21.6. The van der Waals surface area contributed by atoms with Gasteiger partial charge in [-0.25, -0.2) is 4.98 Å². The molecule has 1 saturated heterocycles. The molecule has 1 aliphatic heterocycles. The second-order valence-electron chi connectivity index (χ2n) is 9.47. The Balaban J connectivity index is 1.38. The van der Waals surface area contributed by atoms with Crippen LogP contribution in [0.2, 0.25) is 0 Å². The third kappa shape index (κ3) is 7.71. The lowest BCUT2D eigenvalue weighted by Gasteiger charge is -2.32. The van der Waals surface area contributed by atoms with Crippen LogP contribution in [0.3, 0.4) is 0 Å². The van der Waals surface area contributed by atoms with Crippen LogP contribution in [0.25, 0.3) is 0 Å². The van der Waals surface area contributed by atoms with Gasteiger partial charge in [0.15, 0.2) is 11.5 Å². The van der Waals surface area contributed by atoms with Crippen LogP contribution in [-0.2, 0) is 17.9 Å². The number of methoxy groups -OCH3 is 1. The van der Waals surface area contributed by atoms with E-state index in [-0.39, 0.29) is 19.1 Å². The maximum atomic E-state index is 12.2. The number of imidazole rings is 1. The molecule has 1 atom stereocenters. The van der Waals surface area contributed by atoms with Gasteiger partial charge in [0.1, 0.15) is 18.0 Å². The Morgan fingerprint density at radius 1 is 1.08 bits per heavy atom. The summed E-state index contributed by atoms with van der Waals surface area (Å²) in [5, 5.41) is 11.5. The van der Waals surface area contributed by atoms with Crippen LogP contribution in [0, 0.1) is 0 Å². The van der Waals surface area contributed by atoms with Gasteiger partial charge < -0.3 is 28.8 Å². The molecule has 1 aromatic heterocycles. The molecule has 0 bridgehead atoms. The molecule has 37 heavy (non-hydrogen) atoms. The van der Waals surface area contributed by atoms with Crippen molar-refractivity contribution in [1.82, 2.24) is 19.4 Å². The Morgan fingerprint density at radius 2 is 1.92 bits per heavy atom. The van der Waals surface area contributed by atoms with Crippen molar-refractivity contribution in [1.29, 1.82) is 0 Å². The van der Waals surface area contributed by atoms with Gasteiger partial charge in [0.2, 0.25) is 5.91 Å². The second kappa shape index (κ2) is 12.6. The van der Waals surface area contributed by atoms with E-state index < -0.39 is 5.60 Å². The molecule has 0 spiro atoms. The van der Waals surface area contributed by atoms with Crippen molar-refractivity contribution in [2.75, 3.05) is 46.5 Å². The van der Waals surface area contributed by atoms with E-state index in [9.17, 15) is 9.90 Å². The van der Waals surface area contributed by atoms with Crippen LogP contribution in [-0.4, -0.2) is 82.5 Å². The van der Waals surface area contributed by atoms with Crippen molar-refractivity contribution >= 4 is 5.91 Å². The van der Waals surface area contributed by atoms with Gasteiger partial charge in [-0.15, -0.1) is 0 Å². The third-order valence-corrected chi connectivity index (χ3v) is 6.40. The zero-order valence-corrected chi connectivity index (χ0v) is 21.6. The largest absolute Gasteiger partial charge is 0.493 e. The number of hydrogen-bond donors (Lipinski definition) is 1. The Kier molecular flexibility index (Phi) is 9.03. The summed E-state index contributed by atoms with van der Waals surface area (Å²) in [5.41, 5.74) is -0.175. The van der Waals surface area contributed by atoms with Crippen LogP contribution < -0.4 is 14.2 Å². The molecule has 1 amide bonds. The lowest BCUT2D eigenvalue weighted by Crippen LogP contribution is -2.51. The van der Waals surface area contributed by atoms with Crippen LogP contribution in [0.5, 0.6) is 17.2 Å². The molecule has 9 heteroatoms. The average Bonchev–Trinajstić information content (AvgIpc) is 3.36. The summed E-state index contributed by atoms with van der Waals surface area (Å²) in [6.07, 6.45) is 6.35. The van der Waals surface area contributed by atoms with Crippen molar-refractivity contribution in [3.05, 3.63) is 72.8 Å². The van der Waals surface area contributed by atoms with E-state index in [1.54, 1.807) is 24.5 Å². The Morgan fingerprint density at radius 3 is 2.65 bits per heavy atom. The molecule has 2 heterocycles. The number of carbonyl (C=O) groups excluding carboxylic acids is 1. The molecule has 1 unspecified atom stereocenters. The third-order valence-electron chi connectivity index (χ3n) is 6.40. The van der Waals surface area contributed by atoms with Gasteiger partial charge in [-0.3, -0.25) is 9.69 Å². The number of carbonyl (C=O) groups is 1. The Bertz CT molecular complexity index is 1120. The van der Waals surface area contributed by atoms with E-state index in [0.29, 0.717) is 50.0 Å². The maximum Gasteiger partial charge on any atom is 0.219 e. The molecule has 0 saturated carbocycles. The first kappa shape index (κ1) is 26.5. The molecule has 1 fully saturated rings. The van der Waals surface area contributed by atoms with Gasteiger partial charge in [-0.1, -0.05) is 24.3 Å². The predicted octanol–water partition coefficient (Wildman–Crippen LogP) is 2.83. The molecule has 3 aromatic rings. The highest BCUT2D eigenvalue weighted by molar-refractivity contribution is 5.73. The summed E-state index contributed by atoms with van der Waals surface area (Å²) in [5.74, 6) is 1.99. The lowest BCUT2D eigenvalue weighted by molar-refractivity contribution is -0.132. The molecule has 0 aliphatic carbocycles. The summed E-state index contributed by atoms with van der Waals surface area (Å²) in [4.78, 5) is 20.1. The molecule has 2 aromatic carbocycles. The molecule has 1 aliphatic rings. The van der Waals surface area contributed by atoms with E-state index >= 15 is 0 Å². The summed E-state index contributed by atoms with van der Waals surface area (Å²) in [6.45, 7) is 5.40. The van der Waals surface area contributed by atoms with E-state index in [2.05, 4.69) is 9.88 Å². The number of hydrogen-bond acceptors (Lipinski definition) is 7. The first-order chi connectivity index (χ1) is 17.9. The maximum absolute atomic E-state index is 12.2. The van der Waals surface area contributed by atoms with Gasteiger partial charge in [0.05, 0.1) is 26.6 Å². The number of rotatable bonds is 11. The number of benzene rings is 2. The Labute approximate surface area is 218 Å². The number of aromatic nitrogens is 2. The van der Waals surface area contributed by atoms with Crippen molar-refractivity contribution in [3.8, 4) is 17.2 Å². The number of amides is 1. The molecule has 1 N–H and O–H groups in total. The smallest absolute Gasteiger partial charge is 0.219 e. The fraction of sp³-hybridized carbons (Fsp3) is 0.429. The fourth-order valence-electron chi connectivity index (χ4n) is 4.51. The van der Waals surface area contributed by atoms with Crippen molar-refractivity contribution in [2.45, 2.75) is 32.0 Å². The van der Waals surface area contributed by atoms with Crippen LogP contribution >= 0.6 is 0 Å². The van der Waals surface area contributed by atoms with E-state index in [1.807, 2.05) is 59.3 Å². The van der Waals surface area contributed by atoms with Gasteiger partial charge in [0.25, 0.3) is 0 Å². The number of nitrogens with zero attached hydrogens (tertiary/aromatic N) is 4. The highest BCUT2D eigenvalue weighted by Gasteiger charge is 2.37. The normalized spacial score (nSPS) is 18.3. The number of aryl methyl sites for hydroxylation is 1. The first-order valence-electron chi connectivity index (χ1n) is 12.6. The standard InChI is InChI=1S/C28H36N4O5/c1-23(33)32-15-14-31(19-28(34,20-32)21-37-25-7-4-3-5-8-25)18-24-9-10-26(27(17-24)35-2)36-16-6-12-30-13-11-29-22-30/h3-5,7-11,13,17,22,34H,6,12,14-16,18-21H2,1-2H3. The Hall–Kier alpha value is -3.56. The quantitative estimate of drug-likeness (QED) is 0.399. The van der Waals surface area contributed by atoms with Gasteiger partial charge in [-0.2, -0.15) is 0 Å². The van der Waals surface area contributed by atoms with Crippen molar-refractivity contribution < 1.29 is 24.1 Å². The molecule has 4 rings (SSSR count). The highest BCUT2D eigenvalue weighted by atomic mass is 16.5. The van der Waals surface area contributed by atoms with Crippen molar-refractivity contribution in [3.63, 3.8) is 0 Å². The molecular formula is C28H36N4O5. The molecule has 198 valence electrons. The SMILES string of the molecule is COc1cc(CN2CCN(C(C)=O)CC(O)(COc3ccccc3)C2)ccc1OCCCn1ccnc1. The number of para-hydroxylation sites is 1. The zero-order chi connectivity index (χ0) is 26.1. The topological polar surface area (TPSA) is 89.3 Å². The van der Waals surface area contributed by atoms with Crippen LogP contribution in [0.4, 0.5) is 0 Å². The molecule has 0 radical (unpaired) electrons. The van der Waals surface area contributed by atoms with Gasteiger partial charge in [-0.05, 0) is 36.2 Å². The van der Waals surface area contributed by atoms with Crippen LogP contribution in [0.1, 0.15) is 18.9 Å². The molecule has 9 nitrogen and oxygen atoms in total. The minimum Gasteiger partial charge on any atom is -0.493 e. The minimum absolute atomic E-state index is 0.0591. The van der Waals surface area contributed by atoms with E-state index in [0.717, 1.165) is 18.5 Å². The summed E-state index contributed by atoms with van der Waals surface area (Å²) in [7, 11) is 1.63. The van der Waals surface area contributed by atoms with E-state index in [4.69, 9.17) is 14.2 Å². The van der Waals surface area contributed by atoms with Crippen molar-refractivity contribution in [2.24, 2.45) is 0 Å². The highest BCUT2D eigenvalue weighted by Crippen LogP contribution is 2.29. The summed E-state index contributed by atoms with van der Waals surface area (Å²) in [6, 6.07) is 15.3. The fourth-order valence-corrected chi connectivity index (χ4v) is 4.51. The van der Waals surface area contributed by atoms with Crippen LogP contribution in [0.15, 0.2) is 67.3 Å². The predicted molar refractivity (Wildman–Crippen MR) is 140 cm³/mol. The van der Waals surface area contributed by atoms with Gasteiger partial charge in [0, 0.05) is 52.0 Å². The number of aliphatic hydroxyl groups is 1. The number of β-amino-alcohol motifs (C(OH)–C–C–N with tert-alkyl or cyclic N) is 1. The first-order valence-corrected chi connectivity index (χ1v) is 12.6. The average molecular weight is 509 g/mol. The molecular weight excluding hydrogens is 472 g/mol. The summed E-state index contributed by atoms with van der Waals surface area (Å²) < 4.78 is 19.5. The summed E-state index contributed by atoms with van der Waals surface area (Å²) >= 11 is 0. The minimum atomic E-state index is -1.21. The lowest BCUT2D eigenvalue weighted by atomic mass is 10.0. The monoisotopic (exact) mass is 508 g/mol. The van der Waals surface area contributed by atoms with Gasteiger partial charge >= 0.3 is 0 Å². The van der Waals surface area contributed by atoms with E-state index in [1.165, 1.54) is 6.92 Å². The number of ether oxygens (including phenoxy) is 3.